The molecule has 2 aliphatic rings. The maximum absolute atomic E-state index is 12.1. The second kappa shape index (κ2) is 10.1. The van der Waals surface area contributed by atoms with E-state index in [1.54, 1.807) is 24.8 Å². The molecule has 3 N–H and O–H groups in total. The number of nitrogens with zero attached hydrogens (tertiary/aromatic N) is 4. The molecule has 4 aromatic rings. The van der Waals surface area contributed by atoms with E-state index in [-0.39, 0.29) is 18.7 Å². The van der Waals surface area contributed by atoms with Crippen molar-refractivity contribution >= 4 is 28.4 Å². The maximum atomic E-state index is 12.1. The lowest BCUT2D eigenvalue weighted by Crippen LogP contribution is -2.24. The SMILES string of the molecule is C1CCC1.CNC(=O)c1cnn2c(NC)cc(-c3c[nH]c4ncccc34)nc12.FC1(F)CCC1. The van der Waals surface area contributed by atoms with Crippen LogP contribution in [0.25, 0.3) is 27.9 Å². The molecule has 0 radical (unpaired) electrons. The predicted molar refractivity (Wildman–Crippen MR) is 128 cm³/mol. The highest BCUT2D eigenvalue weighted by Gasteiger charge is 2.36. The van der Waals surface area contributed by atoms with Gasteiger partial charge in [-0.05, 0) is 18.6 Å². The first-order valence-corrected chi connectivity index (χ1v) is 11.5. The van der Waals surface area contributed by atoms with E-state index >= 15 is 0 Å². The van der Waals surface area contributed by atoms with Gasteiger partial charge in [0.1, 0.15) is 17.0 Å². The van der Waals surface area contributed by atoms with Crippen molar-refractivity contribution in [1.82, 2.24) is 29.9 Å². The van der Waals surface area contributed by atoms with Crippen molar-refractivity contribution in [3.63, 3.8) is 0 Å². The van der Waals surface area contributed by atoms with Crippen LogP contribution >= 0.6 is 0 Å². The normalized spacial score (nSPS) is 15.8. The molecule has 0 spiro atoms. The van der Waals surface area contributed by atoms with Crippen LogP contribution in [-0.4, -0.2) is 50.5 Å². The smallest absolute Gasteiger partial charge is 0.256 e. The Morgan fingerprint density at radius 3 is 2.41 bits per heavy atom. The topological polar surface area (TPSA) is 100 Å². The zero-order valence-corrected chi connectivity index (χ0v) is 19.4. The Morgan fingerprint density at radius 1 is 1.15 bits per heavy atom. The molecular formula is C24H29F2N7O. The fraction of sp³-hybridized carbons (Fsp3) is 0.417. The number of aromatic nitrogens is 5. The summed E-state index contributed by atoms with van der Waals surface area (Å²) in [5.74, 6) is -1.76. The first-order valence-electron chi connectivity index (χ1n) is 11.5. The fourth-order valence-electron chi connectivity index (χ4n) is 3.44. The lowest BCUT2D eigenvalue weighted by Gasteiger charge is -2.23. The second-order valence-corrected chi connectivity index (χ2v) is 8.38. The van der Waals surface area contributed by atoms with Gasteiger partial charge in [-0.2, -0.15) is 9.61 Å². The molecule has 10 heteroatoms. The van der Waals surface area contributed by atoms with E-state index in [1.807, 2.05) is 24.4 Å². The third-order valence-electron chi connectivity index (χ3n) is 6.01. The van der Waals surface area contributed by atoms with E-state index in [2.05, 4.69) is 30.7 Å². The Kier molecular flexibility index (Phi) is 7.04. The molecule has 2 aliphatic carbocycles. The summed E-state index contributed by atoms with van der Waals surface area (Å²) in [5.41, 5.74) is 3.36. The highest BCUT2D eigenvalue weighted by Crippen LogP contribution is 2.36. The minimum Gasteiger partial charge on any atom is -0.373 e. The van der Waals surface area contributed by atoms with Gasteiger partial charge in [0.15, 0.2) is 5.65 Å². The fourth-order valence-corrected chi connectivity index (χ4v) is 3.44. The first kappa shape index (κ1) is 23.6. The zero-order valence-electron chi connectivity index (χ0n) is 19.4. The van der Waals surface area contributed by atoms with Gasteiger partial charge in [-0.1, -0.05) is 25.7 Å². The summed E-state index contributed by atoms with van der Waals surface area (Å²) in [6.07, 6.45) is 12.1. The number of alkyl halides is 2. The van der Waals surface area contributed by atoms with Gasteiger partial charge in [-0.3, -0.25) is 4.79 Å². The molecule has 0 atom stereocenters. The summed E-state index contributed by atoms with van der Waals surface area (Å²) in [5, 5.41) is 10.9. The predicted octanol–water partition coefficient (Wildman–Crippen LogP) is 5.04. The number of aromatic amines is 1. The van der Waals surface area contributed by atoms with Crippen LogP contribution in [0.15, 0.2) is 36.8 Å². The third-order valence-corrected chi connectivity index (χ3v) is 6.01. The maximum Gasteiger partial charge on any atom is 0.256 e. The van der Waals surface area contributed by atoms with Gasteiger partial charge < -0.3 is 15.6 Å². The number of H-pyrrole nitrogens is 1. The van der Waals surface area contributed by atoms with Gasteiger partial charge in [0, 0.05) is 56.3 Å². The van der Waals surface area contributed by atoms with Gasteiger partial charge in [0.25, 0.3) is 5.91 Å². The average molecular weight is 470 g/mol. The van der Waals surface area contributed by atoms with Crippen LogP contribution in [0.1, 0.15) is 55.3 Å². The van der Waals surface area contributed by atoms with Crippen LogP contribution in [0.5, 0.6) is 0 Å². The number of carbonyl (C=O) groups is 1. The number of anilines is 1. The van der Waals surface area contributed by atoms with E-state index in [1.165, 1.54) is 31.9 Å². The van der Waals surface area contributed by atoms with E-state index in [9.17, 15) is 13.6 Å². The van der Waals surface area contributed by atoms with Crippen molar-refractivity contribution in [3.05, 3.63) is 42.4 Å². The standard InChI is InChI=1S/C16H15N7O.C4H6F2.C4H8/c1-17-13-6-12(10-7-20-14-9(10)4-3-5-19-14)22-15-11(16(24)18-2)8-21-23(13)15;5-4(6)2-1-3-4;1-2-4-3-1/h3-8,17H,1-2H3,(H,18,24)(H,19,20);1-3H2;1-4H2. The monoisotopic (exact) mass is 469 g/mol. The lowest BCUT2D eigenvalue weighted by molar-refractivity contribution is -0.0717. The Morgan fingerprint density at radius 2 is 1.85 bits per heavy atom. The van der Waals surface area contributed by atoms with Crippen LogP contribution in [-0.2, 0) is 0 Å². The van der Waals surface area contributed by atoms with Gasteiger partial charge in [0.05, 0.1) is 11.9 Å². The summed E-state index contributed by atoms with van der Waals surface area (Å²) < 4.78 is 24.7. The summed E-state index contributed by atoms with van der Waals surface area (Å²) in [7, 11) is 3.39. The van der Waals surface area contributed by atoms with Crippen molar-refractivity contribution in [2.45, 2.75) is 50.9 Å². The molecule has 4 aromatic heterocycles. The van der Waals surface area contributed by atoms with Crippen LogP contribution in [0, 0.1) is 0 Å². The second-order valence-electron chi connectivity index (χ2n) is 8.38. The number of rotatable bonds is 3. The first-order chi connectivity index (χ1) is 16.4. The largest absolute Gasteiger partial charge is 0.373 e. The Labute approximate surface area is 196 Å². The van der Waals surface area contributed by atoms with Crippen LogP contribution in [0.4, 0.5) is 14.6 Å². The van der Waals surface area contributed by atoms with Gasteiger partial charge in [-0.25, -0.2) is 18.7 Å². The van der Waals surface area contributed by atoms with Crippen LogP contribution in [0.2, 0.25) is 0 Å². The molecule has 2 saturated carbocycles. The van der Waals surface area contributed by atoms with Crippen LogP contribution in [0.3, 0.4) is 0 Å². The highest BCUT2D eigenvalue weighted by atomic mass is 19.3. The van der Waals surface area contributed by atoms with Crippen molar-refractivity contribution in [3.8, 4) is 11.3 Å². The van der Waals surface area contributed by atoms with Crippen molar-refractivity contribution in [1.29, 1.82) is 0 Å². The summed E-state index contributed by atoms with van der Waals surface area (Å²) in [6, 6.07) is 5.75. The van der Waals surface area contributed by atoms with Crippen LogP contribution < -0.4 is 10.6 Å². The molecular weight excluding hydrogens is 440 g/mol. The molecule has 180 valence electrons. The summed E-state index contributed by atoms with van der Waals surface area (Å²) in [4.78, 5) is 24.2. The number of carbonyl (C=O) groups excluding carboxylic acids is 1. The Hall–Kier alpha value is -3.56. The molecule has 0 aromatic carbocycles. The van der Waals surface area contributed by atoms with Gasteiger partial charge in [0.2, 0.25) is 5.92 Å². The van der Waals surface area contributed by atoms with Gasteiger partial charge >= 0.3 is 0 Å². The Bertz CT molecular complexity index is 1270. The number of halogens is 2. The van der Waals surface area contributed by atoms with E-state index in [4.69, 9.17) is 0 Å². The number of nitrogens with one attached hydrogen (secondary N) is 3. The molecule has 2 fully saturated rings. The molecule has 8 nitrogen and oxygen atoms in total. The molecule has 0 aliphatic heterocycles. The number of hydrogen-bond donors (Lipinski definition) is 3. The summed E-state index contributed by atoms with van der Waals surface area (Å²) >= 11 is 0. The quantitative estimate of drug-likeness (QED) is 0.390. The zero-order chi connectivity index (χ0) is 24.1. The molecule has 6 rings (SSSR count). The number of fused-ring (bicyclic) bond motifs is 2. The van der Waals surface area contributed by atoms with Gasteiger partial charge in [-0.15, -0.1) is 0 Å². The average Bonchev–Trinajstić information content (AvgIpc) is 3.40. The minimum absolute atomic E-state index is 0.118. The molecule has 34 heavy (non-hydrogen) atoms. The van der Waals surface area contributed by atoms with Crippen molar-refractivity contribution < 1.29 is 13.6 Å². The number of amides is 1. The Balaban J connectivity index is 0.000000226. The molecule has 4 heterocycles. The van der Waals surface area contributed by atoms with Crippen molar-refractivity contribution in [2.75, 3.05) is 19.4 Å². The lowest BCUT2D eigenvalue weighted by atomic mass is 9.95. The van der Waals surface area contributed by atoms with E-state index in [0.29, 0.717) is 17.6 Å². The summed E-state index contributed by atoms with van der Waals surface area (Å²) in [6.45, 7) is 0. The molecule has 0 bridgehead atoms. The van der Waals surface area contributed by atoms with E-state index < -0.39 is 5.92 Å². The van der Waals surface area contributed by atoms with E-state index in [0.717, 1.165) is 28.1 Å². The van der Waals surface area contributed by atoms with Crippen molar-refractivity contribution in [2.24, 2.45) is 0 Å². The number of pyridine rings is 1. The molecule has 1 amide bonds. The number of hydrogen-bond acceptors (Lipinski definition) is 5. The molecule has 0 unspecified atom stereocenters. The minimum atomic E-state index is -2.28. The third kappa shape index (κ3) is 5.00. The molecule has 0 saturated heterocycles. The highest BCUT2D eigenvalue weighted by molar-refractivity contribution is 6.00.